The van der Waals surface area contributed by atoms with Gasteiger partial charge in [-0.3, -0.25) is 0 Å². The largest absolute Gasteiger partial charge is 0.269 e. The standard InChI is InChI=1S/C20H16N2O2S/c1-15-9-11-17(12-10-15)25(23,24)22-14-19(16-6-3-2-4-7-16)18-8-5-13-21-20(18)22/h2-14H,1H3. The van der Waals surface area contributed by atoms with E-state index in [1.54, 1.807) is 36.7 Å². The second-order valence-electron chi connectivity index (χ2n) is 5.90. The molecule has 0 aliphatic rings. The number of aromatic nitrogens is 2. The second kappa shape index (κ2) is 5.86. The lowest BCUT2D eigenvalue weighted by Crippen LogP contribution is -2.12. The van der Waals surface area contributed by atoms with Gasteiger partial charge in [0, 0.05) is 23.3 Å². The maximum absolute atomic E-state index is 13.1. The second-order valence-corrected chi connectivity index (χ2v) is 7.71. The van der Waals surface area contributed by atoms with Crippen molar-refractivity contribution in [2.24, 2.45) is 0 Å². The van der Waals surface area contributed by atoms with E-state index in [2.05, 4.69) is 4.98 Å². The van der Waals surface area contributed by atoms with E-state index in [4.69, 9.17) is 0 Å². The maximum Gasteiger partial charge on any atom is 0.269 e. The van der Waals surface area contributed by atoms with Crippen molar-refractivity contribution in [2.75, 3.05) is 0 Å². The van der Waals surface area contributed by atoms with Crippen LogP contribution in [0.4, 0.5) is 0 Å². The molecule has 0 aliphatic carbocycles. The molecule has 2 aromatic heterocycles. The molecule has 4 aromatic rings. The van der Waals surface area contributed by atoms with Crippen molar-refractivity contribution in [2.45, 2.75) is 11.8 Å². The monoisotopic (exact) mass is 348 g/mol. The molecule has 0 atom stereocenters. The Hall–Kier alpha value is -2.92. The lowest BCUT2D eigenvalue weighted by Gasteiger charge is -2.07. The van der Waals surface area contributed by atoms with Gasteiger partial charge in [-0.2, -0.15) is 0 Å². The van der Waals surface area contributed by atoms with Crippen molar-refractivity contribution in [1.29, 1.82) is 0 Å². The molecule has 0 unspecified atom stereocenters. The Morgan fingerprint density at radius 2 is 1.60 bits per heavy atom. The van der Waals surface area contributed by atoms with Crippen molar-refractivity contribution in [3.63, 3.8) is 0 Å². The SMILES string of the molecule is Cc1ccc(S(=O)(=O)n2cc(-c3ccccc3)c3cccnc32)cc1. The molecule has 0 radical (unpaired) electrons. The predicted molar refractivity (Wildman–Crippen MR) is 98.9 cm³/mol. The van der Waals surface area contributed by atoms with Gasteiger partial charge in [0.1, 0.15) is 0 Å². The number of hydrogen-bond donors (Lipinski definition) is 0. The molecule has 124 valence electrons. The van der Waals surface area contributed by atoms with Crippen molar-refractivity contribution in [1.82, 2.24) is 8.96 Å². The van der Waals surface area contributed by atoms with Gasteiger partial charge in [0.15, 0.2) is 5.65 Å². The number of rotatable bonds is 3. The van der Waals surface area contributed by atoms with Crippen LogP contribution in [0.25, 0.3) is 22.2 Å². The van der Waals surface area contributed by atoms with Crippen molar-refractivity contribution in [3.8, 4) is 11.1 Å². The zero-order valence-electron chi connectivity index (χ0n) is 13.6. The van der Waals surface area contributed by atoms with E-state index in [9.17, 15) is 8.42 Å². The third-order valence-corrected chi connectivity index (χ3v) is 5.86. The average Bonchev–Trinajstić information content (AvgIpc) is 3.03. The van der Waals surface area contributed by atoms with Gasteiger partial charge in [0.2, 0.25) is 0 Å². The van der Waals surface area contributed by atoms with Crippen LogP contribution in [-0.2, 0) is 10.0 Å². The minimum absolute atomic E-state index is 0.250. The number of pyridine rings is 1. The summed E-state index contributed by atoms with van der Waals surface area (Å²) >= 11 is 0. The first kappa shape index (κ1) is 15.6. The molecule has 0 N–H and O–H groups in total. The summed E-state index contributed by atoms with van der Waals surface area (Å²) in [5, 5.41) is 0.810. The third-order valence-electron chi connectivity index (χ3n) is 4.19. The molecule has 0 amide bonds. The quantitative estimate of drug-likeness (QED) is 0.556. The molecule has 0 fully saturated rings. The summed E-state index contributed by atoms with van der Waals surface area (Å²) in [5.74, 6) is 0. The van der Waals surface area contributed by atoms with E-state index in [1.165, 1.54) is 3.97 Å². The number of hydrogen-bond acceptors (Lipinski definition) is 3. The molecular weight excluding hydrogens is 332 g/mol. The molecular formula is C20H16N2O2S. The Balaban J connectivity index is 1.98. The van der Waals surface area contributed by atoms with E-state index in [-0.39, 0.29) is 4.90 Å². The van der Waals surface area contributed by atoms with Gasteiger partial charge in [-0.1, -0.05) is 48.0 Å². The van der Waals surface area contributed by atoms with Crippen molar-refractivity contribution in [3.05, 3.63) is 84.7 Å². The summed E-state index contributed by atoms with van der Waals surface area (Å²) in [5.41, 5.74) is 3.25. The summed E-state index contributed by atoms with van der Waals surface area (Å²) in [6, 6.07) is 20.3. The number of nitrogens with zero attached hydrogens (tertiary/aromatic N) is 2. The highest BCUT2D eigenvalue weighted by Gasteiger charge is 2.22. The summed E-state index contributed by atoms with van der Waals surface area (Å²) in [6.45, 7) is 1.93. The van der Waals surface area contributed by atoms with Crippen LogP contribution in [0.3, 0.4) is 0 Å². The van der Waals surface area contributed by atoms with Gasteiger partial charge in [0.25, 0.3) is 10.0 Å². The lowest BCUT2D eigenvalue weighted by molar-refractivity contribution is 0.589. The smallest absolute Gasteiger partial charge is 0.237 e. The summed E-state index contributed by atoms with van der Waals surface area (Å²) in [7, 11) is -3.72. The highest BCUT2D eigenvalue weighted by atomic mass is 32.2. The summed E-state index contributed by atoms with van der Waals surface area (Å²) in [4.78, 5) is 4.57. The minimum atomic E-state index is -3.72. The third kappa shape index (κ3) is 2.62. The van der Waals surface area contributed by atoms with Gasteiger partial charge in [0.05, 0.1) is 4.90 Å². The number of aryl methyl sites for hydroxylation is 1. The van der Waals surface area contributed by atoms with Gasteiger partial charge in [-0.05, 0) is 36.8 Å². The van der Waals surface area contributed by atoms with Crippen LogP contribution in [-0.4, -0.2) is 17.4 Å². The van der Waals surface area contributed by atoms with Gasteiger partial charge in [-0.15, -0.1) is 0 Å². The van der Waals surface area contributed by atoms with Gasteiger partial charge in [-0.25, -0.2) is 17.4 Å². The fourth-order valence-electron chi connectivity index (χ4n) is 2.89. The molecule has 0 bridgehead atoms. The van der Waals surface area contributed by atoms with Crippen molar-refractivity contribution < 1.29 is 8.42 Å². The number of benzene rings is 2. The van der Waals surface area contributed by atoms with E-state index >= 15 is 0 Å². The van der Waals surface area contributed by atoms with Crippen LogP contribution in [0.1, 0.15) is 5.56 Å². The van der Waals surface area contributed by atoms with E-state index in [0.717, 1.165) is 22.1 Å². The summed E-state index contributed by atoms with van der Waals surface area (Å²) in [6.07, 6.45) is 3.26. The van der Waals surface area contributed by atoms with Crippen LogP contribution in [0.15, 0.2) is 84.0 Å². The first-order valence-electron chi connectivity index (χ1n) is 7.91. The summed E-state index contributed by atoms with van der Waals surface area (Å²) < 4.78 is 27.5. The highest BCUT2D eigenvalue weighted by molar-refractivity contribution is 7.90. The maximum atomic E-state index is 13.1. The van der Waals surface area contributed by atoms with Crippen LogP contribution in [0.5, 0.6) is 0 Å². The Labute approximate surface area is 146 Å². The Bertz CT molecular complexity index is 1150. The molecule has 0 saturated carbocycles. The molecule has 4 rings (SSSR count). The first-order chi connectivity index (χ1) is 12.1. The molecule has 4 nitrogen and oxygen atoms in total. The molecule has 0 aliphatic heterocycles. The van der Waals surface area contributed by atoms with Crippen LogP contribution < -0.4 is 0 Å². The zero-order chi connectivity index (χ0) is 17.4. The predicted octanol–water partition coefficient (Wildman–Crippen LogP) is 4.25. The van der Waals surface area contributed by atoms with E-state index < -0.39 is 10.0 Å². The fraction of sp³-hybridized carbons (Fsp3) is 0.0500. The molecule has 0 saturated heterocycles. The highest BCUT2D eigenvalue weighted by Crippen LogP contribution is 2.31. The molecule has 25 heavy (non-hydrogen) atoms. The topological polar surface area (TPSA) is 52.0 Å². The van der Waals surface area contributed by atoms with Gasteiger partial charge >= 0.3 is 0 Å². The van der Waals surface area contributed by atoms with E-state index in [0.29, 0.717) is 5.65 Å². The Morgan fingerprint density at radius 3 is 2.32 bits per heavy atom. The number of fused-ring (bicyclic) bond motifs is 1. The normalized spacial score (nSPS) is 11.7. The van der Waals surface area contributed by atoms with Crippen LogP contribution in [0.2, 0.25) is 0 Å². The molecule has 0 spiro atoms. The average molecular weight is 348 g/mol. The molecule has 5 heteroatoms. The minimum Gasteiger partial charge on any atom is -0.237 e. The fourth-order valence-corrected chi connectivity index (χ4v) is 4.21. The van der Waals surface area contributed by atoms with E-state index in [1.807, 2.05) is 49.4 Å². The Kier molecular flexibility index (Phi) is 3.66. The Morgan fingerprint density at radius 1 is 0.880 bits per heavy atom. The first-order valence-corrected chi connectivity index (χ1v) is 9.35. The molecule has 2 aromatic carbocycles. The van der Waals surface area contributed by atoms with Crippen molar-refractivity contribution >= 4 is 21.1 Å². The molecule has 2 heterocycles. The van der Waals surface area contributed by atoms with Gasteiger partial charge < -0.3 is 0 Å². The zero-order valence-corrected chi connectivity index (χ0v) is 14.4. The lowest BCUT2D eigenvalue weighted by atomic mass is 10.1. The van der Waals surface area contributed by atoms with Crippen LogP contribution in [0, 0.1) is 6.92 Å². The van der Waals surface area contributed by atoms with Crippen LogP contribution >= 0.6 is 0 Å².